The van der Waals surface area contributed by atoms with Gasteiger partial charge in [0, 0.05) is 24.2 Å². The van der Waals surface area contributed by atoms with Gasteiger partial charge in [0.05, 0.1) is 0 Å². The first kappa shape index (κ1) is 11.5. The Hall–Kier alpha value is -2.55. The van der Waals surface area contributed by atoms with Gasteiger partial charge in [-0.3, -0.25) is 4.98 Å². The molecule has 0 N–H and O–H groups in total. The molecule has 3 heteroatoms. The van der Waals surface area contributed by atoms with E-state index in [0.717, 1.165) is 22.4 Å². The van der Waals surface area contributed by atoms with Gasteiger partial charge in [-0.25, -0.2) is 9.97 Å². The first-order valence-corrected chi connectivity index (χ1v) is 6.13. The summed E-state index contributed by atoms with van der Waals surface area (Å²) in [4.78, 5) is 13.0. The van der Waals surface area contributed by atoms with Gasteiger partial charge in [-0.2, -0.15) is 0 Å². The van der Waals surface area contributed by atoms with Crippen molar-refractivity contribution in [1.29, 1.82) is 0 Å². The fraction of sp³-hybridized carbons (Fsp3) is 0.0625. The van der Waals surface area contributed by atoms with Crippen LogP contribution in [0.4, 0.5) is 0 Å². The zero-order valence-corrected chi connectivity index (χ0v) is 10.6. The Morgan fingerprint density at radius 3 is 2.05 bits per heavy atom. The molecule has 3 rings (SSSR count). The van der Waals surface area contributed by atoms with Gasteiger partial charge in [0.2, 0.25) is 0 Å². The Labute approximate surface area is 112 Å². The molecule has 0 atom stereocenters. The number of hydrogen-bond donors (Lipinski definition) is 0. The molecule has 0 aliphatic carbocycles. The highest BCUT2D eigenvalue weighted by Gasteiger charge is 2.03. The van der Waals surface area contributed by atoms with Crippen LogP contribution < -0.4 is 0 Å². The minimum Gasteiger partial charge on any atom is -0.252 e. The summed E-state index contributed by atoms with van der Waals surface area (Å²) in [6.45, 7) is 1.97. The summed E-state index contributed by atoms with van der Waals surface area (Å²) >= 11 is 0. The molecule has 0 bridgehead atoms. The van der Waals surface area contributed by atoms with Gasteiger partial charge in [-0.05, 0) is 24.1 Å². The maximum Gasteiger partial charge on any atom is 0.178 e. The summed E-state index contributed by atoms with van der Waals surface area (Å²) in [6, 6.07) is 14.2. The minimum absolute atomic E-state index is 0.658. The zero-order valence-electron chi connectivity index (χ0n) is 10.6. The molecule has 0 saturated carbocycles. The molecule has 3 nitrogen and oxygen atoms in total. The molecule has 0 amide bonds. The number of hydrogen-bond acceptors (Lipinski definition) is 3. The Balaban J connectivity index is 1.93. The van der Waals surface area contributed by atoms with E-state index in [4.69, 9.17) is 0 Å². The molecule has 19 heavy (non-hydrogen) atoms. The quantitative estimate of drug-likeness (QED) is 0.695. The maximum absolute atomic E-state index is 4.43. The van der Waals surface area contributed by atoms with Crippen molar-refractivity contribution >= 4 is 0 Å². The number of nitrogens with zero attached hydrogens (tertiary/aromatic N) is 3. The highest BCUT2D eigenvalue weighted by Crippen LogP contribution is 2.20. The summed E-state index contributed by atoms with van der Waals surface area (Å²) < 4.78 is 0. The molecule has 0 fully saturated rings. The summed E-state index contributed by atoms with van der Waals surface area (Å²) in [7, 11) is 0. The van der Waals surface area contributed by atoms with Crippen molar-refractivity contribution < 1.29 is 0 Å². The molecular weight excluding hydrogens is 234 g/mol. The van der Waals surface area contributed by atoms with Crippen LogP contribution in [0.25, 0.3) is 22.6 Å². The fourth-order valence-corrected chi connectivity index (χ4v) is 1.85. The van der Waals surface area contributed by atoms with Crippen LogP contribution >= 0.6 is 0 Å². The molecule has 2 heterocycles. The third-order valence-electron chi connectivity index (χ3n) is 2.88. The van der Waals surface area contributed by atoms with Gasteiger partial charge in [-0.1, -0.05) is 36.4 Å². The summed E-state index contributed by atoms with van der Waals surface area (Å²) in [5.74, 6) is 0.658. The van der Waals surface area contributed by atoms with Crippen molar-refractivity contribution in [3.05, 3.63) is 66.6 Å². The van der Waals surface area contributed by atoms with Gasteiger partial charge in [0.25, 0.3) is 0 Å². The molecule has 0 unspecified atom stereocenters. The lowest BCUT2D eigenvalue weighted by molar-refractivity contribution is 1.11. The van der Waals surface area contributed by atoms with E-state index in [0.29, 0.717) is 5.82 Å². The number of pyridine rings is 1. The van der Waals surface area contributed by atoms with Crippen LogP contribution in [0.15, 0.2) is 61.1 Å². The Morgan fingerprint density at radius 1 is 0.684 bits per heavy atom. The van der Waals surface area contributed by atoms with Crippen molar-refractivity contribution in [2.24, 2.45) is 0 Å². The Morgan fingerprint density at radius 2 is 1.42 bits per heavy atom. The van der Waals surface area contributed by atoms with Crippen molar-refractivity contribution in [2.45, 2.75) is 6.92 Å². The average molecular weight is 247 g/mol. The molecule has 92 valence electrons. The molecule has 0 aliphatic rings. The second kappa shape index (κ2) is 4.98. The second-order valence-electron chi connectivity index (χ2n) is 4.38. The second-order valence-corrected chi connectivity index (χ2v) is 4.38. The van der Waals surface area contributed by atoms with Crippen LogP contribution in [0, 0.1) is 6.92 Å². The number of aryl methyl sites for hydroxylation is 1. The summed E-state index contributed by atoms with van der Waals surface area (Å²) in [6.07, 6.45) is 5.46. The lowest BCUT2D eigenvalue weighted by Gasteiger charge is -2.03. The van der Waals surface area contributed by atoms with Crippen LogP contribution in [0.5, 0.6) is 0 Å². The Bertz CT molecular complexity index is 659. The van der Waals surface area contributed by atoms with Gasteiger partial charge in [0.1, 0.15) is 5.69 Å². The highest BCUT2D eigenvalue weighted by atomic mass is 14.9. The van der Waals surface area contributed by atoms with Crippen molar-refractivity contribution in [2.75, 3.05) is 0 Å². The fourth-order valence-electron chi connectivity index (χ4n) is 1.85. The lowest BCUT2D eigenvalue weighted by atomic mass is 10.1. The third kappa shape index (κ3) is 2.50. The number of rotatable bonds is 2. The van der Waals surface area contributed by atoms with E-state index < -0.39 is 0 Å². The van der Waals surface area contributed by atoms with E-state index in [-0.39, 0.29) is 0 Å². The van der Waals surface area contributed by atoms with Crippen LogP contribution in [-0.2, 0) is 0 Å². The number of benzene rings is 1. The minimum atomic E-state index is 0.658. The normalized spacial score (nSPS) is 10.4. The van der Waals surface area contributed by atoms with Crippen LogP contribution in [0.3, 0.4) is 0 Å². The predicted octanol–water partition coefficient (Wildman–Crippen LogP) is 3.51. The van der Waals surface area contributed by atoms with E-state index >= 15 is 0 Å². The molecule has 0 saturated heterocycles. The Kier molecular flexibility index (Phi) is 3.02. The largest absolute Gasteiger partial charge is 0.252 e. The first-order valence-electron chi connectivity index (χ1n) is 6.13. The van der Waals surface area contributed by atoms with Crippen molar-refractivity contribution in [1.82, 2.24) is 15.0 Å². The third-order valence-corrected chi connectivity index (χ3v) is 2.88. The lowest BCUT2D eigenvalue weighted by Crippen LogP contribution is -1.92. The molecule has 3 aromatic rings. The standard InChI is InChI=1S/C16H13N3/c1-12-9-18-16(19-10-12)15-8-7-14(11-17-15)13-5-3-2-4-6-13/h2-11H,1H3. The van der Waals surface area contributed by atoms with Crippen LogP contribution in [0.1, 0.15) is 5.56 Å². The number of aromatic nitrogens is 3. The van der Waals surface area contributed by atoms with Gasteiger partial charge in [0.15, 0.2) is 5.82 Å². The molecule has 0 spiro atoms. The summed E-state index contributed by atoms with van der Waals surface area (Å²) in [5, 5.41) is 0. The van der Waals surface area contributed by atoms with Crippen molar-refractivity contribution in [3.8, 4) is 22.6 Å². The summed E-state index contributed by atoms with van der Waals surface area (Å²) in [5.41, 5.74) is 4.09. The van der Waals surface area contributed by atoms with Crippen molar-refractivity contribution in [3.63, 3.8) is 0 Å². The predicted molar refractivity (Wildman–Crippen MR) is 75.4 cm³/mol. The molecule has 0 radical (unpaired) electrons. The van der Waals surface area contributed by atoms with Crippen LogP contribution in [-0.4, -0.2) is 15.0 Å². The monoisotopic (exact) mass is 247 g/mol. The molecule has 2 aromatic heterocycles. The van der Waals surface area contributed by atoms with E-state index in [2.05, 4.69) is 27.1 Å². The van der Waals surface area contributed by atoms with E-state index in [1.165, 1.54) is 0 Å². The average Bonchev–Trinajstić information content (AvgIpc) is 2.49. The highest BCUT2D eigenvalue weighted by molar-refractivity contribution is 5.64. The van der Waals surface area contributed by atoms with E-state index in [1.807, 2.05) is 43.5 Å². The van der Waals surface area contributed by atoms with E-state index in [9.17, 15) is 0 Å². The van der Waals surface area contributed by atoms with Gasteiger partial charge >= 0.3 is 0 Å². The van der Waals surface area contributed by atoms with Gasteiger partial charge in [-0.15, -0.1) is 0 Å². The smallest absolute Gasteiger partial charge is 0.178 e. The molecule has 0 aliphatic heterocycles. The zero-order chi connectivity index (χ0) is 13.1. The SMILES string of the molecule is Cc1cnc(-c2ccc(-c3ccccc3)cn2)nc1. The molecular formula is C16H13N3. The van der Waals surface area contributed by atoms with E-state index in [1.54, 1.807) is 12.4 Å². The molecule has 1 aromatic carbocycles. The maximum atomic E-state index is 4.43. The topological polar surface area (TPSA) is 38.7 Å². The first-order chi connectivity index (χ1) is 9.33. The van der Waals surface area contributed by atoms with Gasteiger partial charge < -0.3 is 0 Å². The van der Waals surface area contributed by atoms with Crippen LogP contribution in [0.2, 0.25) is 0 Å².